The van der Waals surface area contributed by atoms with E-state index in [4.69, 9.17) is 0 Å². The summed E-state index contributed by atoms with van der Waals surface area (Å²) >= 11 is 0. The van der Waals surface area contributed by atoms with Crippen LogP contribution in [0.5, 0.6) is 0 Å². The van der Waals surface area contributed by atoms with Crippen molar-refractivity contribution in [3.63, 3.8) is 0 Å². The molecule has 2 heterocycles. The average Bonchev–Trinajstić information content (AvgIpc) is 3.16. The van der Waals surface area contributed by atoms with Gasteiger partial charge in [-0.25, -0.2) is 8.78 Å². The number of hydrogen-bond donors (Lipinski definition) is 1. The summed E-state index contributed by atoms with van der Waals surface area (Å²) < 4.78 is 26.9. The van der Waals surface area contributed by atoms with Gasteiger partial charge in [0.1, 0.15) is 17.8 Å². The number of amides is 2. The summed E-state index contributed by atoms with van der Waals surface area (Å²) in [5, 5.41) is 2.60. The maximum atomic E-state index is 13.7. The molecule has 140 valence electrons. The van der Waals surface area contributed by atoms with Crippen LogP contribution < -0.4 is 10.2 Å². The smallest absolute Gasteiger partial charge is 0.257 e. The predicted octanol–water partition coefficient (Wildman–Crippen LogP) is 2.91. The van der Waals surface area contributed by atoms with Crippen LogP contribution in [0, 0.1) is 11.6 Å². The molecular weight excluding hydrogens is 352 g/mol. The molecular formula is C20H19F2N3O2. The molecule has 1 fully saturated rings. The minimum atomic E-state index is -0.575. The molecule has 2 amide bonds. The van der Waals surface area contributed by atoms with E-state index in [1.807, 2.05) is 16.8 Å². The quantitative estimate of drug-likeness (QED) is 0.903. The van der Waals surface area contributed by atoms with Gasteiger partial charge in [0.25, 0.3) is 11.8 Å². The van der Waals surface area contributed by atoms with Crippen molar-refractivity contribution in [2.45, 2.75) is 25.6 Å². The topological polar surface area (TPSA) is 52.7 Å². The van der Waals surface area contributed by atoms with Crippen LogP contribution in [0.3, 0.4) is 0 Å². The molecule has 0 aromatic heterocycles. The van der Waals surface area contributed by atoms with Gasteiger partial charge >= 0.3 is 0 Å². The number of nitrogens with zero attached hydrogens (tertiary/aromatic N) is 2. The monoisotopic (exact) mass is 371 g/mol. The highest BCUT2D eigenvalue weighted by Crippen LogP contribution is 2.35. The molecule has 7 heteroatoms. The molecule has 0 spiro atoms. The van der Waals surface area contributed by atoms with E-state index in [-0.39, 0.29) is 24.2 Å². The van der Waals surface area contributed by atoms with Gasteiger partial charge in [0.05, 0.1) is 11.3 Å². The van der Waals surface area contributed by atoms with E-state index in [1.165, 1.54) is 0 Å². The van der Waals surface area contributed by atoms with Crippen LogP contribution in [-0.4, -0.2) is 36.5 Å². The van der Waals surface area contributed by atoms with Gasteiger partial charge in [-0.15, -0.1) is 0 Å². The van der Waals surface area contributed by atoms with Crippen molar-refractivity contribution in [2.24, 2.45) is 0 Å². The van der Waals surface area contributed by atoms with Crippen LogP contribution in [-0.2, 0) is 6.54 Å². The molecule has 1 N–H and O–H groups in total. The molecule has 0 aliphatic carbocycles. The first kappa shape index (κ1) is 17.5. The van der Waals surface area contributed by atoms with Gasteiger partial charge in [-0.1, -0.05) is 0 Å². The summed E-state index contributed by atoms with van der Waals surface area (Å²) in [6.07, 6.45) is 1.88. The number of anilines is 1. The van der Waals surface area contributed by atoms with Crippen molar-refractivity contribution in [3.05, 3.63) is 64.7 Å². The van der Waals surface area contributed by atoms with Crippen molar-refractivity contribution in [1.29, 1.82) is 0 Å². The van der Waals surface area contributed by atoms with Gasteiger partial charge in [-0.2, -0.15) is 0 Å². The number of nitrogens with one attached hydrogen (secondary N) is 1. The molecule has 0 saturated carbocycles. The zero-order valence-electron chi connectivity index (χ0n) is 14.8. The summed E-state index contributed by atoms with van der Waals surface area (Å²) in [5.74, 6) is -1.56. The second-order valence-electron chi connectivity index (χ2n) is 6.88. The Labute approximate surface area is 155 Å². The Morgan fingerprint density at radius 2 is 2.04 bits per heavy atom. The van der Waals surface area contributed by atoms with E-state index in [1.54, 1.807) is 18.2 Å². The molecule has 2 aromatic rings. The highest BCUT2D eigenvalue weighted by molar-refractivity contribution is 6.04. The molecule has 27 heavy (non-hydrogen) atoms. The molecule has 0 radical (unpaired) electrons. The van der Waals surface area contributed by atoms with Gasteiger partial charge < -0.3 is 15.1 Å². The fourth-order valence-electron chi connectivity index (χ4n) is 3.81. The van der Waals surface area contributed by atoms with Gasteiger partial charge in [-0.05, 0) is 49.2 Å². The molecule has 4 rings (SSSR count). The van der Waals surface area contributed by atoms with E-state index in [9.17, 15) is 18.4 Å². The fraction of sp³-hybridized carbons (Fsp3) is 0.300. The Balaban J connectivity index is 1.55. The summed E-state index contributed by atoms with van der Waals surface area (Å²) in [5.41, 5.74) is 1.74. The van der Waals surface area contributed by atoms with Crippen LogP contribution in [0.25, 0.3) is 0 Å². The zero-order valence-corrected chi connectivity index (χ0v) is 14.8. The van der Waals surface area contributed by atoms with Gasteiger partial charge in [0, 0.05) is 31.3 Å². The van der Waals surface area contributed by atoms with E-state index < -0.39 is 17.5 Å². The summed E-state index contributed by atoms with van der Waals surface area (Å²) in [4.78, 5) is 29.0. The lowest BCUT2D eigenvalue weighted by atomic mass is 10.0. The molecule has 1 atom stereocenters. The molecule has 5 nitrogen and oxygen atoms in total. The molecule has 0 unspecified atom stereocenters. The largest absolute Gasteiger partial charge is 0.354 e. The predicted molar refractivity (Wildman–Crippen MR) is 96.4 cm³/mol. The Hall–Kier alpha value is -2.96. The highest BCUT2D eigenvalue weighted by Gasteiger charge is 2.38. The van der Waals surface area contributed by atoms with Crippen LogP contribution in [0.1, 0.15) is 39.1 Å². The van der Waals surface area contributed by atoms with Gasteiger partial charge in [0.15, 0.2) is 0 Å². The van der Waals surface area contributed by atoms with Crippen molar-refractivity contribution in [1.82, 2.24) is 10.2 Å². The first-order chi connectivity index (χ1) is 13.0. The van der Waals surface area contributed by atoms with E-state index in [2.05, 4.69) is 5.32 Å². The van der Waals surface area contributed by atoms with E-state index >= 15 is 0 Å². The van der Waals surface area contributed by atoms with Gasteiger partial charge in [0.2, 0.25) is 0 Å². The molecule has 2 aliphatic rings. The lowest BCUT2D eigenvalue weighted by Gasteiger charge is -2.40. The molecule has 1 saturated heterocycles. The van der Waals surface area contributed by atoms with Gasteiger partial charge in [-0.3, -0.25) is 9.59 Å². The third-order valence-electron chi connectivity index (χ3n) is 5.25. The number of carbonyl (C=O) groups is 2. The van der Waals surface area contributed by atoms with Crippen LogP contribution in [0.15, 0.2) is 36.4 Å². The maximum absolute atomic E-state index is 13.7. The number of carbonyl (C=O) groups excluding carboxylic acids is 2. The van der Waals surface area contributed by atoms with E-state index in [0.717, 1.165) is 37.6 Å². The Kier molecular flexibility index (Phi) is 4.30. The average molecular weight is 371 g/mol. The first-order valence-electron chi connectivity index (χ1n) is 8.85. The van der Waals surface area contributed by atoms with Crippen molar-refractivity contribution < 1.29 is 18.4 Å². The Morgan fingerprint density at radius 3 is 2.85 bits per heavy atom. The summed E-state index contributed by atoms with van der Waals surface area (Å²) in [6.45, 7) is 0.624. The lowest BCUT2D eigenvalue weighted by Crippen LogP contribution is -2.50. The molecule has 2 aliphatic heterocycles. The molecule has 2 aromatic carbocycles. The van der Waals surface area contributed by atoms with Crippen LogP contribution in [0.2, 0.25) is 0 Å². The van der Waals surface area contributed by atoms with Crippen molar-refractivity contribution in [3.8, 4) is 0 Å². The lowest BCUT2D eigenvalue weighted by molar-refractivity contribution is 0.0719. The number of benzene rings is 2. The normalized spacial score (nSPS) is 18.3. The van der Waals surface area contributed by atoms with Crippen molar-refractivity contribution in [2.75, 3.05) is 18.5 Å². The second kappa shape index (κ2) is 6.64. The highest BCUT2D eigenvalue weighted by atomic mass is 19.1. The summed E-state index contributed by atoms with van der Waals surface area (Å²) in [7, 11) is 1.91. The number of rotatable bonds is 3. The second-order valence-corrected chi connectivity index (χ2v) is 6.88. The standard InChI is InChI=1S/C20H19F2N3O2/c1-24-17-10-12(4-6-15(17)20(27)25-8-2-3-18(24)25)19(26)23-11-13-9-14(21)5-7-16(13)22/h4-7,9-10,18H,2-3,8,11H2,1H3,(H,23,26)/t18-/m1/s1. The number of halogens is 2. The van der Waals surface area contributed by atoms with Crippen LogP contribution >= 0.6 is 0 Å². The number of fused-ring (bicyclic) bond motifs is 2. The fourth-order valence-corrected chi connectivity index (χ4v) is 3.81. The Bertz CT molecular complexity index is 931. The third-order valence-corrected chi connectivity index (χ3v) is 5.25. The van der Waals surface area contributed by atoms with Crippen molar-refractivity contribution >= 4 is 17.5 Å². The molecule has 0 bridgehead atoms. The zero-order chi connectivity index (χ0) is 19.1. The first-order valence-corrected chi connectivity index (χ1v) is 8.85. The maximum Gasteiger partial charge on any atom is 0.257 e. The third kappa shape index (κ3) is 3.03. The number of hydrogen-bond acceptors (Lipinski definition) is 3. The minimum absolute atomic E-state index is 0.0145. The SMILES string of the molecule is CN1c2cc(C(=O)NCc3cc(F)ccc3F)ccc2C(=O)N2CCC[C@@H]21. The minimum Gasteiger partial charge on any atom is -0.354 e. The van der Waals surface area contributed by atoms with E-state index in [0.29, 0.717) is 16.8 Å². The summed E-state index contributed by atoms with van der Waals surface area (Å²) in [6, 6.07) is 8.04. The van der Waals surface area contributed by atoms with Crippen LogP contribution in [0.4, 0.5) is 14.5 Å². The Morgan fingerprint density at radius 1 is 1.22 bits per heavy atom.